The fraction of sp³-hybridized carbons (Fsp3) is 0.700. The van der Waals surface area contributed by atoms with Gasteiger partial charge in [0.15, 0.2) is 0 Å². The number of nitrogens with one attached hydrogen (secondary N) is 2. The minimum atomic E-state index is -0.681. The molecule has 5 nitrogen and oxygen atoms in total. The molecule has 0 unspecified atom stereocenters. The second-order valence-electron chi connectivity index (χ2n) is 4.19. The van der Waals surface area contributed by atoms with Gasteiger partial charge in [-0.25, -0.2) is 0 Å². The van der Waals surface area contributed by atoms with Gasteiger partial charge in [-0.2, -0.15) is 0 Å². The Balaban J connectivity index is 2.24. The molecule has 6 heteroatoms. The molecule has 0 aromatic rings. The second-order valence-corrected chi connectivity index (χ2v) is 4.71. The van der Waals surface area contributed by atoms with Crippen molar-refractivity contribution >= 4 is 29.0 Å². The maximum atomic E-state index is 11.3. The second kappa shape index (κ2) is 5.25. The van der Waals surface area contributed by atoms with Gasteiger partial charge >= 0.3 is 11.8 Å². The molecule has 16 heavy (non-hydrogen) atoms. The predicted octanol–water partition coefficient (Wildman–Crippen LogP) is -0.305. The van der Waals surface area contributed by atoms with E-state index in [1.54, 1.807) is 0 Å². The van der Waals surface area contributed by atoms with Gasteiger partial charge in [0.25, 0.3) is 0 Å². The van der Waals surface area contributed by atoms with Crippen LogP contribution < -0.4 is 16.4 Å². The van der Waals surface area contributed by atoms with Crippen LogP contribution in [-0.4, -0.2) is 29.9 Å². The lowest BCUT2D eigenvalue weighted by Crippen LogP contribution is -2.44. The summed E-state index contributed by atoms with van der Waals surface area (Å²) in [5.74, 6) is -1.30. The van der Waals surface area contributed by atoms with Crippen LogP contribution in [-0.2, 0) is 9.59 Å². The van der Waals surface area contributed by atoms with Crippen molar-refractivity contribution < 1.29 is 9.59 Å². The normalized spacial score (nSPS) is 16.3. The molecule has 0 aromatic carbocycles. The fourth-order valence-electron chi connectivity index (χ4n) is 1.43. The van der Waals surface area contributed by atoms with Crippen molar-refractivity contribution in [3.8, 4) is 0 Å². The smallest absolute Gasteiger partial charge is 0.309 e. The Morgan fingerprint density at radius 1 is 1.31 bits per heavy atom. The largest absolute Gasteiger partial charge is 0.392 e. The van der Waals surface area contributed by atoms with Crippen LogP contribution in [0.2, 0.25) is 0 Å². The molecule has 0 radical (unpaired) electrons. The Hall–Kier alpha value is -1.17. The van der Waals surface area contributed by atoms with E-state index in [0.717, 1.165) is 19.3 Å². The number of hydrogen-bond acceptors (Lipinski definition) is 3. The third kappa shape index (κ3) is 3.77. The van der Waals surface area contributed by atoms with Crippen LogP contribution in [0.4, 0.5) is 0 Å². The summed E-state index contributed by atoms with van der Waals surface area (Å²) in [5, 5.41) is 4.96. The monoisotopic (exact) mass is 243 g/mol. The Bertz CT molecular complexity index is 313. The lowest BCUT2D eigenvalue weighted by atomic mass is 10.0. The van der Waals surface area contributed by atoms with E-state index in [2.05, 4.69) is 29.8 Å². The number of carbonyl (C=O) groups excluding carboxylic acids is 2. The Morgan fingerprint density at radius 2 is 1.88 bits per heavy atom. The summed E-state index contributed by atoms with van der Waals surface area (Å²) in [6.45, 7) is 2.72. The first-order chi connectivity index (χ1) is 7.49. The van der Waals surface area contributed by atoms with Crippen molar-refractivity contribution in [2.75, 3.05) is 13.1 Å². The van der Waals surface area contributed by atoms with Crippen LogP contribution in [0.3, 0.4) is 0 Å². The number of carbonyl (C=O) groups is 2. The minimum absolute atomic E-state index is 0.0561. The lowest BCUT2D eigenvalue weighted by Gasteiger charge is -2.12. The molecule has 0 aliphatic heterocycles. The van der Waals surface area contributed by atoms with E-state index in [4.69, 9.17) is 5.73 Å². The van der Waals surface area contributed by atoms with Crippen molar-refractivity contribution in [1.82, 2.24) is 10.6 Å². The van der Waals surface area contributed by atoms with Gasteiger partial charge in [0.2, 0.25) is 0 Å². The highest BCUT2D eigenvalue weighted by atomic mass is 32.1. The molecule has 4 N–H and O–H groups in total. The molecular formula is C10H17N3O2S. The van der Waals surface area contributed by atoms with Gasteiger partial charge in [0.05, 0.1) is 11.5 Å². The zero-order chi connectivity index (χ0) is 12.2. The van der Waals surface area contributed by atoms with Crippen molar-refractivity contribution in [2.24, 2.45) is 11.1 Å². The number of hydrogen-bond donors (Lipinski definition) is 3. The SMILES string of the molecule is CCC1(CNC(=O)C(=O)NCC(N)=S)CC1. The molecule has 1 fully saturated rings. The Labute approximate surface area is 100 Å². The Kier molecular flexibility index (Phi) is 4.23. The van der Waals surface area contributed by atoms with Crippen LogP contribution in [0.5, 0.6) is 0 Å². The van der Waals surface area contributed by atoms with Gasteiger partial charge in [-0.05, 0) is 24.7 Å². The number of rotatable bonds is 5. The number of nitrogens with two attached hydrogens (primary N) is 1. The molecule has 0 saturated heterocycles. The number of amides is 2. The van der Waals surface area contributed by atoms with Crippen molar-refractivity contribution in [1.29, 1.82) is 0 Å². The van der Waals surface area contributed by atoms with Gasteiger partial charge < -0.3 is 16.4 Å². The minimum Gasteiger partial charge on any atom is -0.392 e. The Morgan fingerprint density at radius 3 is 2.31 bits per heavy atom. The quantitative estimate of drug-likeness (QED) is 0.457. The standard InChI is InChI=1S/C10H17N3O2S/c1-2-10(3-4-10)6-13-9(15)8(14)12-5-7(11)16/h2-6H2,1H3,(H2,11,16)(H,12,14)(H,13,15). The summed E-state index contributed by atoms with van der Waals surface area (Å²) in [7, 11) is 0. The molecule has 1 aliphatic rings. The zero-order valence-corrected chi connectivity index (χ0v) is 10.2. The van der Waals surface area contributed by atoms with Crippen LogP contribution >= 0.6 is 12.2 Å². The highest BCUT2D eigenvalue weighted by molar-refractivity contribution is 7.80. The summed E-state index contributed by atoms with van der Waals surface area (Å²) < 4.78 is 0. The molecule has 1 saturated carbocycles. The van der Waals surface area contributed by atoms with Crippen molar-refractivity contribution in [3.05, 3.63) is 0 Å². The third-order valence-electron chi connectivity index (χ3n) is 2.96. The molecule has 1 rings (SSSR count). The van der Waals surface area contributed by atoms with E-state index in [1.165, 1.54) is 0 Å². The first-order valence-electron chi connectivity index (χ1n) is 5.33. The first-order valence-corrected chi connectivity index (χ1v) is 5.74. The summed E-state index contributed by atoms with van der Waals surface area (Å²) in [6.07, 6.45) is 3.28. The first kappa shape index (κ1) is 12.9. The molecule has 0 bridgehead atoms. The molecule has 2 amide bonds. The van der Waals surface area contributed by atoms with Gasteiger partial charge in [0.1, 0.15) is 0 Å². The van der Waals surface area contributed by atoms with Crippen LogP contribution in [0.1, 0.15) is 26.2 Å². The number of thiocarbonyl (C=S) groups is 1. The molecule has 90 valence electrons. The maximum absolute atomic E-state index is 11.3. The molecule has 1 aliphatic carbocycles. The molecule has 0 atom stereocenters. The maximum Gasteiger partial charge on any atom is 0.309 e. The van der Waals surface area contributed by atoms with Gasteiger partial charge in [0, 0.05) is 6.54 Å². The predicted molar refractivity (Wildman–Crippen MR) is 64.8 cm³/mol. The fourth-order valence-corrected chi connectivity index (χ4v) is 1.50. The van der Waals surface area contributed by atoms with E-state index < -0.39 is 11.8 Å². The van der Waals surface area contributed by atoms with Gasteiger partial charge in [-0.1, -0.05) is 19.1 Å². The average molecular weight is 243 g/mol. The summed E-state index contributed by atoms with van der Waals surface area (Å²) in [6, 6.07) is 0. The summed E-state index contributed by atoms with van der Waals surface area (Å²) in [4.78, 5) is 22.7. The molecule has 0 heterocycles. The van der Waals surface area contributed by atoms with Gasteiger partial charge in [-0.3, -0.25) is 9.59 Å². The average Bonchev–Trinajstić information content (AvgIpc) is 3.03. The van der Waals surface area contributed by atoms with Crippen LogP contribution in [0, 0.1) is 5.41 Å². The van der Waals surface area contributed by atoms with Crippen molar-refractivity contribution in [3.63, 3.8) is 0 Å². The van der Waals surface area contributed by atoms with Gasteiger partial charge in [-0.15, -0.1) is 0 Å². The molecule has 0 aromatic heterocycles. The lowest BCUT2D eigenvalue weighted by molar-refractivity contribution is -0.139. The summed E-state index contributed by atoms with van der Waals surface area (Å²) >= 11 is 4.58. The van der Waals surface area contributed by atoms with E-state index >= 15 is 0 Å². The molecule has 0 spiro atoms. The third-order valence-corrected chi connectivity index (χ3v) is 3.10. The van der Waals surface area contributed by atoms with E-state index in [-0.39, 0.29) is 16.9 Å². The van der Waals surface area contributed by atoms with E-state index in [1.807, 2.05) is 0 Å². The molecular weight excluding hydrogens is 226 g/mol. The van der Waals surface area contributed by atoms with Crippen LogP contribution in [0.15, 0.2) is 0 Å². The van der Waals surface area contributed by atoms with E-state index in [0.29, 0.717) is 6.54 Å². The van der Waals surface area contributed by atoms with Crippen molar-refractivity contribution in [2.45, 2.75) is 26.2 Å². The topological polar surface area (TPSA) is 84.2 Å². The van der Waals surface area contributed by atoms with Crippen LogP contribution in [0.25, 0.3) is 0 Å². The summed E-state index contributed by atoms with van der Waals surface area (Å²) in [5.41, 5.74) is 5.44. The highest BCUT2D eigenvalue weighted by Crippen LogP contribution is 2.47. The van der Waals surface area contributed by atoms with E-state index in [9.17, 15) is 9.59 Å². The highest BCUT2D eigenvalue weighted by Gasteiger charge is 2.40. The zero-order valence-electron chi connectivity index (χ0n) is 9.34.